The number of hydrogen-bond acceptors (Lipinski definition) is 1. The van der Waals surface area contributed by atoms with Crippen LogP contribution in [0, 0.1) is 84.5 Å². The predicted octanol–water partition coefficient (Wildman–Crippen LogP) is 9.69. The van der Waals surface area contributed by atoms with Gasteiger partial charge in [-0.1, -0.05) is 117 Å². The van der Waals surface area contributed by atoms with Crippen LogP contribution < -0.4 is 0 Å². The minimum absolute atomic E-state index is 0. The smallest absolute Gasteiger partial charge is 0.0466 e. The van der Waals surface area contributed by atoms with E-state index >= 15 is 0 Å². The van der Waals surface area contributed by atoms with Crippen molar-refractivity contribution in [1.29, 1.82) is 0 Å². The van der Waals surface area contributed by atoms with Crippen molar-refractivity contribution < 1.29 is 41.6 Å². The van der Waals surface area contributed by atoms with Crippen molar-refractivity contribution in [2.24, 2.45) is 0 Å². The summed E-state index contributed by atoms with van der Waals surface area (Å²) >= 11 is 0. The van der Waals surface area contributed by atoms with Gasteiger partial charge in [0.1, 0.15) is 0 Å². The molecule has 1 radical (unpaired) electrons. The van der Waals surface area contributed by atoms with Crippen LogP contribution in [0.4, 0.5) is 0 Å². The Hall–Kier alpha value is -2.19. The normalized spacial score (nSPS) is 16.8. The topological polar surface area (TPSA) is 9.23 Å². The fourth-order valence-electron chi connectivity index (χ4n) is 4.99. The number of ether oxygens (including phenoxy) is 1. The third-order valence-corrected chi connectivity index (χ3v) is 6.40. The Labute approximate surface area is 260 Å². The van der Waals surface area contributed by atoms with Crippen LogP contribution in [0.3, 0.4) is 0 Å². The van der Waals surface area contributed by atoms with Crippen molar-refractivity contribution >= 4 is 0 Å². The zero-order chi connectivity index (χ0) is 26.6. The Bertz CT molecular complexity index is 1120. The number of aryl methyl sites for hydroxylation is 6. The number of rotatable bonds is 2. The number of allylic oxidation sites excluding steroid dienone is 8. The van der Waals surface area contributed by atoms with Crippen LogP contribution in [0.15, 0.2) is 91.1 Å². The summed E-state index contributed by atoms with van der Waals surface area (Å²) in [7, 11) is 0. The van der Waals surface area contributed by atoms with Crippen molar-refractivity contribution in [1.82, 2.24) is 0 Å². The fourth-order valence-corrected chi connectivity index (χ4v) is 4.99. The average Bonchev–Trinajstić information content (AvgIpc) is 3.38. The first-order valence-electron chi connectivity index (χ1n) is 13.3. The largest absolute Gasteiger partial charge is 0.381 e. The van der Waals surface area contributed by atoms with Gasteiger partial charge < -0.3 is 4.74 Å². The SMILES string of the molecule is C1=C\C=C/C=C\C=C/1.C1CCOC1.Cc1cc(C)c(-c2[c-]c(-c3c(C)cc(C)cc3C)ccc2)c(C)c1.[Tm]. The first-order valence-corrected chi connectivity index (χ1v) is 13.3. The maximum Gasteiger partial charge on any atom is 0.0466 e. The molecule has 205 valence electrons. The fraction of sp³-hybridized carbons (Fsp3) is 0.278. The van der Waals surface area contributed by atoms with E-state index in [1.54, 1.807) is 0 Å². The molecule has 0 saturated carbocycles. The molecule has 3 aromatic carbocycles. The molecule has 1 heterocycles. The summed E-state index contributed by atoms with van der Waals surface area (Å²) < 4.78 is 4.94. The van der Waals surface area contributed by atoms with Gasteiger partial charge in [0, 0.05) is 50.1 Å². The molecule has 0 bridgehead atoms. The molecule has 5 rings (SSSR count). The van der Waals surface area contributed by atoms with Crippen LogP contribution in [-0.4, -0.2) is 13.2 Å². The van der Waals surface area contributed by atoms with Crippen LogP contribution in [-0.2, 0) is 4.74 Å². The molecule has 0 amide bonds. The Morgan fingerprint density at radius 1 is 0.526 bits per heavy atom. The van der Waals surface area contributed by atoms with Crippen LogP contribution in [0.2, 0.25) is 0 Å². The van der Waals surface area contributed by atoms with Gasteiger partial charge in [0.15, 0.2) is 0 Å². The zero-order valence-corrected chi connectivity index (χ0v) is 25.5. The summed E-state index contributed by atoms with van der Waals surface area (Å²) in [5, 5.41) is 0. The molecule has 3 aromatic rings. The second-order valence-corrected chi connectivity index (χ2v) is 9.88. The summed E-state index contributed by atoms with van der Waals surface area (Å²) in [5.74, 6) is 0. The Morgan fingerprint density at radius 3 is 1.11 bits per heavy atom. The molecular weight excluding hydrogens is 617 g/mol. The first kappa shape index (κ1) is 32.0. The van der Waals surface area contributed by atoms with E-state index in [0.717, 1.165) is 13.2 Å². The molecule has 1 saturated heterocycles. The molecule has 1 aliphatic carbocycles. The van der Waals surface area contributed by atoms with E-state index in [9.17, 15) is 0 Å². The molecule has 0 spiro atoms. The minimum Gasteiger partial charge on any atom is -0.381 e. The van der Waals surface area contributed by atoms with Gasteiger partial charge in [-0.2, -0.15) is 0 Å². The van der Waals surface area contributed by atoms with Gasteiger partial charge in [-0.25, -0.2) is 0 Å². The molecular formula is C36H41OTm-. The quantitative estimate of drug-likeness (QED) is 0.249. The third-order valence-electron chi connectivity index (χ3n) is 6.40. The van der Waals surface area contributed by atoms with E-state index in [2.05, 4.69) is 90.1 Å². The standard InChI is InChI=1S/C24H25.C8H8.C4H8O.Tm/c1-15-10-17(3)23(18(4)11-15)21-8-7-9-22(14-21)24-19(5)12-16(2)13-20(24)6;1-2-4-6-8-7-5-3-1;1-2-4-5-3-1;/h7-13H,1-6H3;1-8H;1-4H2;/q-1;;;/b;2-1-,3-1?,4-2?,5-3-,6-4-,7-5?,8-6?,8-7-;;. The summed E-state index contributed by atoms with van der Waals surface area (Å²) in [6, 6.07) is 19.2. The monoisotopic (exact) mass is 658 g/mol. The molecule has 38 heavy (non-hydrogen) atoms. The number of benzene rings is 3. The third kappa shape index (κ3) is 9.84. The molecule has 2 aliphatic rings. The van der Waals surface area contributed by atoms with E-state index in [-0.39, 0.29) is 36.9 Å². The second-order valence-electron chi connectivity index (χ2n) is 9.88. The summed E-state index contributed by atoms with van der Waals surface area (Å²) in [5.41, 5.74) is 12.9. The van der Waals surface area contributed by atoms with E-state index in [1.807, 2.05) is 48.6 Å². The Kier molecular flexibility index (Phi) is 14.1. The van der Waals surface area contributed by atoms with Crippen molar-refractivity contribution in [3.8, 4) is 22.3 Å². The first-order chi connectivity index (χ1) is 17.9. The van der Waals surface area contributed by atoms with Gasteiger partial charge in [-0.3, -0.25) is 0 Å². The minimum atomic E-state index is 0. The van der Waals surface area contributed by atoms with Gasteiger partial charge in [0.2, 0.25) is 0 Å². The predicted molar refractivity (Wildman–Crippen MR) is 161 cm³/mol. The molecule has 0 unspecified atom stereocenters. The van der Waals surface area contributed by atoms with Crippen LogP contribution in [0.1, 0.15) is 46.2 Å². The zero-order valence-electron chi connectivity index (χ0n) is 23.7. The number of hydrogen-bond donors (Lipinski definition) is 0. The van der Waals surface area contributed by atoms with Gasteiger partial charge in [-0.15, -0.1) is 35.4 Å². The molecule has 0 atom stereocenters. The van der Waals surface area contributed by atoms with Gasteiger partial charge in [-0.05, 0) is 54.4 Å². The van der Waals surface area contributed by atoms with E-state index < -0.39 is 0 Å². The molecule has 0 N–H and O–H groups in total. The molecule has 2 heteroatoms. The van der Waals surface area contributed by atoms with Crippen LogP contribution in [0.5, 0.6) is 0 Å². The maximum atomic E-state index is 4.94. The van der Waals surface area contributed by atoms with Gasteiger partial charge >= 0.3 is 0 Å². The van der Waals surface area contributed by atoms with Crippen LogP contribution >= 0.6 is 0 Å². The van der Waals surface area contributed by atoms with Crippen molar-refractivity contribution in [3.63, 3.8) is 0 Å². The molecule has 1 fully saturated rings. The van der Waals surface area contributed by atoms with Crippen LogP contribution in [0.25, 0.3) is 22.3 Å². The van der Waals surface area contributed by atoms with Crippen molar-refractivity contribution in [2.45, 2.75) is 54.4 Å². The molecule has 1 aliphatic heterocycles. The summed E-state index contributed by atoms with van der Waals surface area (Å²) in [6.07, 6.45) is 18.6. The maximum absolute atomic E-state index is 4.94. The summed E-state index contributed by atoms with van der Waals surface area (Å²) in [4.78, 5) is 0. The Morgan fingerprint density at radius 2 is 0.842 bits per heavy atom. The van der Waals surface area contributed by atoms with Gasteiger partial charge in [0.25, 0.3) is 0 Å². The summed E-state index contributed by atoms with van der Waals surface area (Å²) in [6.45, 7) is 15.1. The average molecular weight is 659 g/mol. The van der Waals surface area contributed by atoms with E-state index in [4.69, 9.17) is 4.74 Å². The van der Waals surface area contributed by atoms with E-state index in [0.29, 0.717) is 0 Å². The van der Waals surface area contributed by atoms with E-state index in [1.165, 1.54) is 68.5 Å². The Balaban J connectivity index is 0.000000296. The molecule has 1 nitrogen and oxygen atoms in total. The second kappa shape index (κ2) is 16.7. The van der Waals surface area contributed by atoms with Gasteiger partial charge in [0.05, 0.1) is 0 Å². The van der Waals surface area contributed by atoms with Crippen molar-refractivity contribution in [3.05, 3.63) is 131 Å². The molecule has 0 aromatic heterocycles. The van der Waals surface area contributed by atoms with Crippen molar-refractivity contribution in [2.75, 3.05) is 13.2 Å².